The van der Waals surface area contributed by atoms with Crippen LogP contribution >= 0.6 is 50.7 Å². The molecule has 44 heavy (non-hydrogen) atoms. The number of hydrogen-bond donors (Lipinski definition) is 3. The minimum absolute atomic E-state index is 0.0486. The maximum atomic E-state index is 14.4. The van der Waals surface area contributed by atoms with Crippen molar-refractivity contribution >= 4 is 62.5 Å². The molecule has 7 nitrogen and oxygen atoms in total. The van der Waals surface area contributed by atoms with Crippen LogP contribution < -0.4 is 15.6 Å². The molecule has 0 aliphatic carbocycles. The summed E-state index contributed by atoms with van der Waals surface area (Å²) in [6.07, 6.45) is -0.184. The molecule has 2 atom stereocenters. The number of hydrogen-bond acceptors (Lipinski definition) is 6. The highest BCUT2D eigenvalue weighted by Crippen LogP contribution is 2.45. The van der Waals surface area contributed by atoms with Gasteiger partial charge < -0.3 is 14.6 Å². The Morgan fingerprint density at radius 3 is 2.48 bits per heavy atom. The summed E-state index contributed by atoms with van der Waals surface area (Å²) >= 11 is 22.8. The number of ether oxygens (including phenoxy) is 2. The van der Waals surface area contributed by atoms with Gasteiger partial charge in [0.15, 0.2) is 11.6 Å². The van der Waals surface area contributed by atoms with Crippen LogP contribution in [0.2, 0.25) is 15.1 Å². The van der Waals surface area contributed by atoms with E-state index < -0.39 is 17.6 Å². The molecule has 1 amide bonds. The Kier molecular flexibility index (Phi) is 10.8. The van der Waals surface area contributed by atoms with Crippen LogP contribution in [-0.2, 0) is 22.5 Å². The Morgan fingerprint density at radius 1 is 0.977 bits per heavy atom. The SMILES string of the molecule is O=C(NNCc1cccc(Cl)c1)[C@@]1(Cc2ccccc2Br)N=C(c2ccc(OCCCO)cc2)O[C@H]1c1ccc(Cl)cc1Cl. The molecule has 1 aliphatic rings. The smallest absolute Gasteiger partial charge is 0.266 e. The van der Waals surface area contributed by atoms with Crippen molar-refractivity contribution in [3.05, 3.63) is 133 Å². The molecule has 0 aromatic heterocycles. The Hall–Kier alpha value is -3.11. The molecule has 228 valence electrons. The molecule has 0 spiro atoms. The molecule has 5 rings (SSSR count). The van der Waals surface area contributed by atoms with Gasteiger partial charge in [-0.2, -0.15) is 0 Å². The minimum Gasteiger partial charge on any atom is -0.494 e. The van der Waals surface area contributed by atoms with Gasteiger partial charge in [0.25, 0.3) is 5.91 Å². The largest absolute Gasteiger partial charge is 0.494 e. The highest BCUT2D eigenvalue weighted by molar-refractivity contribution is 9.10. The monoisotopic (exact) mass is 715 g/mol. The van der Waals surface area contributed by atoms with Gasteiger partial charge in [0.2, 0.25) is 5.90 Å². The van der Waals surface area contributed by atoms with E-state index in [2.05, 4.69) is 26.8 Å². The number of rotatable bonds is 12. The number of aliphatic hydroxyl groups is 1. The quantitative estimate of drug-likeness (QED) is 0.104. The van der Waals surface area contributed by atoms with Crippen molar-refractivity contribution in [1.82, 2.24) is 10.9 Å². The zero-order valence-electron chi connectivity index (χ0n) is 23.4. The fraction of sp³-hybridized carbons (Fsp3) is 0.212. The van der Waals surface area contributed by atoms with Crippen molar-refractivity contribution in [1.29, 1.82) is 0 Å². The van der Waals surface area contributed by atoms with Crippen LogP contribution in [0, 0.1) is 0 Å². The number of aliphatic hydroxyl groups excluding tert-OH is 1. The Bertz CT molecular complexity index is 1650. The average molecular weight is 718 g/mol. The fourth-order valence-corrected chi connectivity index (χ4v) is 6.03. The van der Waals surface area contributed by atoms with Crippen molar-refractivity contribution < 1.29 is 19.4 Å². The molecule has 1 aliphatic heterocycles. The van der Waals surface area contributed by atoms with E-state index in [1.807, 2.05) is 54.6 Å². The third-order valence-corrected chi connectivity index (χ3v) is 8.65. The second-order valence-electron chi connectivity index (χ2n) is 10.2. The van der Waals surface area contributed by atoms with Crippen molar-refractivity contribution in [3.63, 3.8) is 0 Å². The number of halogens is 4. The molecule has 3 N–H and O–H groups in total. The lowest BCUT2D eigenvalue weighted by Crippen LogP contribution is -2.53. The number of aliphatic imine (C=N–C) groups is 1. The van der Waals surface area contributed by atoms with Crippen LogP contribution in [-0.4, -0.2) is 35.7 Å². The summed E-state index contributed by atoms with van der Waals surface area (Å²) in [7, 11) is 0. The van der Waals surface area contributed by atoms with Gasteiger partial charge in [-0.05, 0) is 65.7 Å². The van der Waals surface area contributed by atoms with Crippen LogP contribution in [0.4, 0.5) is 0 Å². The van der Waals surface area contributed by atoms with Crippen molar-refractivity contribution in [2.75, 3.05) is 13.2 Å². The first kappa shape index (κ1) is 32.3. The van der Waals surface area contributed by atoms with Gasteiger partial charge in [-0.1, -0.05) is 87.1 Å². The standard InChI is InChI=1S/C33H29BrCl3N3O4/c34-28-8-2-1-6-23(28)19-33(32(42)40-38-20-21-5-3-7-24(35)17-21)30(27-14-11-25(36)18-29(27)37)44-31(39-33)22-9-12-26(13-10-22)43-16-4-15-41/h1-3,5-14,17-18,30,38,41H,4,15-16,19-20H2,(H,40,42)/t30-,33-/m0/s1. The van der Waals surface area contributed by atoms with Gasteiger partial charge in [-0.3, -0.25) is 10.2 Å². The molecule has 11 heteroatoms. The van der Waals surface area contributed by atoms with E-state index in [0.717, 1.165) is 15.6 Å². The van der Waals surface area contributed by atoms with Gasteiger partial charge in [0.05, 0.1) is 6.61 Å². The van der Waals surface area contributed by atoms with Crippen molar-refractivity contribution in [3.8, 4) is 5.75 Å². The normalized spacial score (nSPS) is 17.6. The first-order chi connectivity index (χ1) is 21.3. The molecular weight excluding hydrogens is 689 g/mol. The summed E-state index contributed by atoms with van der Waals surface area (Å²) in [5.41, 5.74) is 7.39. The maximum absolute atomic E-state index is 14.4. The first-order valence-electron chi connectivity index (χ1n) is 13.9. The zero-order valence-corrected chi connectivity index (χ0v) is 27.3. The Balaban J connectivity index is 1.55. The molecule has 0 saturated heterocycles. The van der Waals surface area contributed by atoms with Gasteiger partial charge in [0, 0.05) is 56.7 Å². The van der Waals surface area contributed by atoms with Crippen LogP contribution in [0.25, 0.3) is 0 Å². The fourth-order valence-electron chi connectivity index (χ4n) is 4.89. The van der Waals surface area contributed by atoms with Gasteiger partial charge in [-0.15, -0.1) is 0 Å². The third kappa shape index (κ3) is 7.57. The lowest BCUT2D eigenvalue weighted by molar-refractivity contribution is -0.130. The van der Waals surface area contributed by atoms with Crippen molar-refractivity contribution in [2.45, 2.75) is 31.0 Å². The maximum Gasteiger partial charge on any atom is 0.266 e. The average Bonchev–Trinajstić information content (AvgIpc) is 3.39. The predicted molar refractivity (Wildman–Crippen MR) is 177 cm³/mol. The van der Waals surface area contributed by atoms with E-state index in [1.165, 1.54) is 0 Å². The molecule has 0 unspecified atom stereocenters. The van der Waals surface area contributed by atoms with Crippen LogP contribution in [0.1, 0.15) is 34.8 Å². The summed E-state index contributed by atoms with van der Waals surface area (Å²) in [5.74, 6) is 0.505. The summed E-state index contributed by atoms with van der Waals surface area (Å²) in [6, 6.07) is 27.3. The third-order valence-electron chi connectivity index (χ3n) is 7.08. The van der Waals surface area contributed by atoms with E-state index in [1.54, 1.807) is 36.4 Å². The van der Waals surface area contributed by atoms with Crippen LogP contribution in [0.5, 0.6) is 5.75 Å². The van der Waals surface area contributed by atoms with Gasteiger partial charge >= 0.3 is 0 Å². The molecule has 4 aromatic rings. The highest BCUT2D eigenvalue weighted by Gasteiger charge is 2.54. The zero-order chi connectivity index (χ0) is 31.1. The lowest BCUT2D eigenvalue weighted by atomic mass is 9.82. The number of carbonyl (C=O) groups is 1. The number of hydrazine groups is 1. The lowest BCUT2D eigenvalue weighted by Gasteiger charge is -2.31. The summed E-state index contributed by atoms with van der Waals surface area (Å²) in [4.78, 5) is 19.4. The van der Waals surface area contributed by atoms with Crippen LogP contribution in [0.3, 0.4) is 0 Å². The number of carbonyl (C=O) groups excluding carboxylic acids is 1. The predicted octanol–water partition coefficient (Wildman–Crippen LogP) is 7.49. The summed E-state index contributed by atoms with van der Waals surface area (Å²) < 4.78 is 13.1. The minimum atomic E-state index is -1.48. The molecular formula is C33H29BrCl3N3O4. The number of nitrogens with zero attached hydrogens (tertiary/aromatic N) is 1. The highest BCUT2D eigenvalue weighted by atomic mass is 79.9. The van der Waals surface area contributed by atoms with E-state index in [9.17, 15) is 4.79 Å². The second-order valence-corrected chi connectivity index (χ2v) is 12.3. The van der Waals surface area contributed by atoms with E-state index >= 15 is 0 Å². The number of benzene rings is 4. The van der Waals surface area contributed by atoms with E-state index in [-0.39, 0.29) is 18.9 Å². The summed E-state index contributed by atoms with van der Waals surface area (Å²) in [6.45, 7) is 0.772. The molecule has 0 radical (unpaired) electrons. The van der Waals surface area contributed by atoms with Crippen molar-refractivity contribution in [2.24, 2.45) is 4.99 Å². The molecule has 0 fully saturated rings. The molecule has 0 bridgehead atoms. The molecule has 1 heterocycles. The molecule has 4 aromatic carbocycles. The topological polar surface area (TPSA) is 92.2 Å². The Labute approximate surface area is 279 Å². The Morgan fingerprint density at radius 2 is 1.75 bits per heavy atom. The molecule has 0 saturated carbocycles. The van der Waals surface area contributed by atoms with Gasteiger partial charge in [0.1, 0.15) is 5.75 Å². The number of amides is 1. The summed E-state index contributed by atoms with van der Waals surface area (Å²) in [5, 5.41) is 10.5. The second kappa shape index (κ2) is 14.8. The number of nitrogens with one attached hydrogen (secondary N) is 2. The van der Waals surface area contributed by atoms with E-state index in [4.69, 9.17) is 54.4 Å². The van der Waals surface area contributed by atoms with Gasteiger partial charge in [-0.25, -0.2) is 10.4 Å². The van der Waals surface area contributed by atoms with Crippen LogP contribution in [0.15, 0.2) is 100 Å². The first-order valence-corrected chi connectivity index (χ1v) is 15.8. The van der Waals surface area contributed by atoms with E-state index in [0.29, 0.717) is 51.5 Å².